The number of hydrogen-bond donors (Lipinski definition) is 1. The van der Waals surface area contributed by atoms with Crippen LogP contribution in [0.5, 0.6) is 5.75 Å². The first-order valence-corrected chi connectivity index (χ1v) is 5.77. The zero-order chi connectivity index (χ0) is 12.7. The molecule has 17 heavy (non-hydrogen) atoms. The molecule has 1 rings (SSSR count). The molecular weight excluding hydrogens is 219 g/mol. The second kappa shape index (κ2) is 6.74. The maximum atomic E-state index is 13.5. The maximum absolute atomic E-state index is 13.5. The second-order valence-electron chi connectivity index (χ2n) is 3.69. The normalized spacial score (nSPS) is 11.6. The number of nitrogens with one attached hydrogen (secondary N) is 1. The Kier molecular flexibility index (Phi) is 5.28. The SMILES string of the molecule is CCOc1ccc(NC(CC)CC#N)cc1F. The summed E-state index contributed by atoms with van der Waals surface area (Å²) in [5.74, 6) is -0.130. The molecule has 0 radical (unpaired) electrons. The van der Waals surface area contributed by atoms with E-state index in [1.165, 1.54) is 6.07 Å². The van der Waals surface area contributed by atoms with Crippen LogP contribution in [0.1, 0.15) is 26.7 Å². The van der Waals surface area contributed by atoms with Crippen molar-refractivity contribution in [3.05, 3.63) is 24.0 Å². The lowest BCUT2D eigenvalue weighted by atomic mass is 10.1. The number of nitrogens with zero attached hydrogens (tertiary/aromatic N) is 1. The molecule has 0 aliphatic carbocycles. The van der Waals surface area contributed by atoms with Gasteiger partial charge in [-0.1, -0.05) is 6.92 Å². The van der Waals surface area contributed by atoms with Crippen molar-refractivity contribution in [1.82, 2.24) is 0 Å². The Labute approximate surface area is 101 Å². The molecule has 0 aromatic heterocycles. The average Bonchev–Trinajstić information content (AvgIpc) is 2.32. The van der Waals surface area contributed by atoms with Gasteiger partial charge in [0.25, 0.3) is 0 Å². The van der Waals surface area contributed by atoms with Gasteiger partial charge in [0.1, 0.15) is 0 Å². The van der Waals surface area contributed by atoms with Gasteiger partial charge in [-0.25, -0.2) is 4.39 Å². The molecule has 0 saturated carbocycles. The van der Waals surface area contributed by atoms with Crippen LogP contribution in [0, 0.1) is 17.1 Å². The van der Waals surface area contributed by atoms with E-state index in [1.54, 1.807) is 12.1 Å². The minimum absolute atomic E-state index is 0.0531. The number of hydrogen-bond acceptors (Lipinski definition) is 3. The molecule has 1 N–H and O–H groups in total. The lowest BCUT2D eigenvalue weighted by molar-refractivity contribution is 0.321. The second-order valence-corrected chi connectivity index (χ2v) is 3.69. The number of anilines is 1. The molecule has 1 atom stereocenters. The summed E-state index contributed by atoms with van der Waals surface area (Å²) in [4.78, 5) is 0. The van der Waals surface area contributed by atoms with E-state index >= 15 is 0 Å². The predicted octanol–water partition coefficient (Wildman–Crippen LogP) is 3.33. The Bertz CT molecular complexity index is 401. The highest BCUT2D eigenvalue weighted by Gasteiger charge is 2.08. The highest BCUT2D eigenvalue weighted by atomic mass is 19.1. The fraction of sp³-hybridized carbons (Fsp3) is 0.462. The molecule has 4 heteroatoms. The lowest BCUT2D eigenvalue weighted by Crippen LogP contribution is -2.17. The highest BCUT2D eigenvalue weighted by Crippen LogP contribution is 2.22. The van der Waals surface area contributed by atoms with Crippen LogP contribution in [-0.4, -0.2) is 12.6 Å². The molecule has 0 saturated heterocycles. The number of nitriles is 1. The molecule has 1 unspecified atom stereocenters. The maximum Gasteiger partial charge on any atom is 0.167 e. The molecular formula is C13H17FN2O. The molecule has 1 aromatic carbocycles. The van der Waals surface area contributed by atoms with Crippen LogP contribution in [0.25, 0.3) is 0 Å². The quantitative estimate of drug-likeness (QED) is 0.824. The molecule has 0 heterocycles. The Morgan fingerprint density at radius 3 is 2.76 bits per heavy atom. The van der Waals surface area contributed by atoms with E-state index in [0.717, 1.165) is 6.42 Å². The van der Waals surface area contributed by atoms with Crippen LogP contribution >= 0.6 is 0 Å². The minimum Gasteiger partial charge on any atom is -0.491 e. The highest BCUT2D eigenvalue weighted by molar-refractivity contribution is 5.48. The van der Waals surface area contributed by atoms with Crippen molar-refractivity contribution in [3.63, 3.8) is 0 Å². The van der Waals surface area contributed by atoms with Crippen molar-refractivity contribution in [2.24, 2.45) is 0 Å². The van der Waals surface area contributed by atoms with Crippen molar-refractivity contribution >= 4 is 5.69 Å². The van der Waals surface area contributed by atoms with Gasteiger partial charge in [0.05, 0.1) is 19.1 Å². The van der Waals surface area contributed by atoms with E-state index in [4.69, 9.17) is 10.00 Å². The number of benzene rings is 1. The molecule has 0 aliphatic heterocycles. The largest absolute Gasteiger partial charge is 0.491 e. The Hall–Kier alpha value is -1.76. The van der Waals surface area contributed by atoms with E-state index in [0.29, 0.717) is 18.7 Å². The zero-order valence-corrected chi connectivity index (χ0v) is 10.2. The molecule has 0 fully saturated rings. The van der Waals surface area contributed by atoms with Gasteiger partial charge in [0, 0.05) is 17.8 Å². The number of rotatable bonds is 6. The first-order chi connectivity index (χ1) is 8.21. The monoisotopic (exact) mass is 236 g/mol. The van der Waals surface area contributed by atoms with Crippen LogP contribution in [0.15, 0.2) is 18.2 Å². The van der Waals surface area contributed by atoms with Gasteiger partial charge < -0.3 is 10.1 Å². The van der Waals surface area contributed by atoms with Crippen LogP contribution in [0.2, 0.25) is 0 Å². The first kappa shape index (κ1) is 13.3. The van der Waals surface area contributed by atoms with E-state index in [2.05, 4.69) is 11.4 Å². The minimum atomic E-state index is -0.385. The molecule has 0 amide bonds. The summed E-state index contributed by atoms with van der Waals surface area (Å²) < 4.78 is 18.7. The predicted molar refractivity (Wildman–Crippen MR) is 65.5 cm³/mol. The summed E-state index contributed by atoms with van der Waals surface area (Å²) in [7, 11) is 0. The molecule has 0 bridgehead atoms. The third kappa shape index (κ3) is 3.95. The van der Waals surface area contributed by atoms with Crippen LogP contribution < -0.4 is 10.1 Å². The first-order valence-electron chi connectivity index (χ1n) is 5.77. The molecule has 1 aromatic rings. The third-order valence-electron chi connectivity index (χ3n) is 2.43. The van der Waals surface area contributed by atoms with Gasteiger partial charge >= 0.3 is 0 Å². The van der Waals surface area contributed by atoms with E-state index in [9.17, 15) is 4.39 Å². The van der Waals surface area contributed by atoms with Gasteiger partial charge in [-0.15, -0.1) is 0 Å². The third-order valence-corrected chi connectivity index (χ3v) is 2.43. The van der Waals surface area contributed by atoms with Crippen molar-refractivity contribution in [2.75, 3.05) is 11.9 Å². The van der Waals surface area contributed by atoms with Crippen LogP contribution in [-0.2, 0) is 0 Å². The van der Waals surface area contributed by atoms with Crippen molar-refractivity contribution < 1.29 is 9.13 Å². The van der Waals surface area contributed by atoms with Crippen molar-refractivity contribution in [3.8, 4) is 11.8 Å². The van der Waals surface area contributed by atoms with E-state index in [-0.39, 0.29) is 17.6 Å². The summed E-state index contributed by atoms with van der Waals surface area (Å²) in [6.45, 7) is 4.24. The summed E-state index contributed by atoms with van der Waals surface area (Å²) in [5, 5.41) is 11.8. The van der Waals surface area contributed by atoms with Crippen LogP contribution in [0.3, 0.4) is 0 Å². The van der Waals surface area contributed by atoms with Crippen LogP contribution in [0.4, 0.5) is 10.1 Å². The number of halogens is 1. The van der Waals surface area contributed by atoms with Gasteiger partial charge in [0.15, 0.2) is 11.6 Å². The van der Waals surface area contributed by atoms with Crippen molar-refractivity contribution in [2.45, 2.75) is 32.7 Å². The fourth-order valence-electron chi connectivity index (χ4n) is 1.51. The summed E-state index contributed by atoms with van der Waals surface area (Å²) in [5.41, 5.74) is 0.674. The standard InChI is InChI=1S/C13H17FN2O/c1-3-10(7-8-15)16-11-5-6-13(17-4-2)12(14)9-11/h5-6,9-10,16H,3-4,7H2,1-2H3. The van der Waals surface area contributed by atoms with Gasteiger partial charge in [-0.05, 0) is 25.5 Å². The smallest absolute Gasteiger partial charge is 0.167 e. The molecule has 92 valence electrons. The Balaban J connectivity index is 2.73. The van der Waals surface area contributed by atoms with E-state index in [1.807, 2.05) is 13.8 Å². The van der Waals surface area contributed by atoms with Gasteiger partial charge in [0.2, 0.25) is 0 Å². The number of ether oxygens (including phenoxy) is 1. The topological polar surface area (TPSA) is 45.0 Å². The summed E-state index contributed by atoms with van der Waals surface area (Å²) >= 11 is 0. The lowest BCUT2D eigenvalue weighted by Gasteiger charge is -2.15. The Morgan fingerprint density at radius 1 is 1.47 bits per heavy atom. The molecule has 3 nitrogen and oxygen atoms in total. The Morgan fingerprint density at radius 2 is 2.24 bits per heavy atom. The zero-order valence-electron chi connectivity index (χ0n) is 10.2. The summed E-state index contributed by atoms with van der Waals surface area (Å²) in [6, 6.07) is 6.91. The summed E-state index contributed by atoms with van der Waals surface area (Å²) in [6.07, 6.45) is 1.23. The van der Waals surface area contributed by atoms with Gasteiger partial charge in [-0.3, -0.25) is 0 Å². The molecule has 0 aliphatic rings. The van der Waals surface area contributed by atoms with Gasteiger partial charge in [-0.2, -0.15) is 5.26 Å². The fourth-order valence-corrected chi connectivity index (χ4v) is 1.51. The van der Waals surface area contributed by atoms with Crippen molar-refractivity contribution in [1.29, 1.82) is 5.26 Å². The average molecular weight is 236 g/mol. The molecule has 0 spiro atoms. The van der Waals surface area contributed by atoms with E-state index < -0.39 is 0 Å².